The van der Waals surface area contributed by atoms with Gasteiger partial charge in [0.05, 0.1) is 5.41 Å². The van der Waals surface area contributed by atoms with Gasteiger partial charge in [0.25, 0.3) is 0 Å². The molecule has 0 saturated carbocycles. The Kier molecular flexibility index (Phi) is 7.96. The Morgan fingerprint density at radius 1 is 1.09 bits per heavy atom. The molecule has 2 aromatic carbocycles. The Morgan fingerprint density at radius 2 is 1.74 bits per heavy atom. The zero-order valence-electron chi connectivity index (χ0n) is 21.6. The first-order valence-corrected chi connectivity index (χ1v) is 11.7. The lowest BCUT2D eigenvalue weighted by Crippen LogP contribution is -2.60. The number of aliphatic hydroxyl groups is 3. The number of carbonyl (C=O) groups is 1. The Balaban J connectivity index is 1.81. The number of ether oxygens (including phenoxy) is 3. The van der Waals surface area contributed by atoms with Crippen LogP contribution in [-0.4, -0.2) is 63.7 Å². The molecule has 192 valence electrons. The van der Waals surface area contributed by atoms with Crippen LogP contribution in [0.1, 0.15) is 51.3 Å². The third-order valence-corrected chi connectivity index (χ3v) is 6.07. The van der Waals surface area contributed by atoms with E-state index in [9.17, 15) is 25.2 Å². The highest BCUT2D eigenvalue weighted by Gasteiger charge is 2.46. The molecule has 1 unspecified atom stereocenters. The molecule has 0 radical (unpaired) electrons. The van der Waals surface area contributed by atoms with Gasteiger partial charge >= 0.3 is 5.97 Å². The number of aryl methyl sites for hydroxylation is 2. The molecule has 5 atom stereocenters. The van der Waals surface area contributed by atoms with E-state index in [2.05, 4.69) is 6.92 Å². The number of hydrogen-bond acceptors (Lipinski definition) is 8. The highest BCUT2D eigenvalue weighted by atomic mass is 16.7. The van der Waals surface area contributed by atoms with E-state index in [1.807, 2.05) is 31.2 Å². The molecule has 3 rings (SSSR count). The van der Waals surface area contributed by atoms with Crippen molar-refractivity contribution in [1.29, 1.82) is 0 Å². The molecule has 4 N–H and O–H groups in total. The van der Waals surface area contributed by atoms with Crippen LogP contribution in [0.5, 0.6) is 11.5 Å². The van der Waals surface area contributed by atoms with Crippen molar-refractivity contribution >= 4 is 5.97 Å². The minimum absolute atomic E-state index is 0.0402. The predicted octanol–water partition coefficient (Wildman–Crippen LogP) is 2.63. The molecule has 1 saturated heterocycles. The second-order valence-electron chi connectivity index (χ2n) is 9.70. The maximum atomic E-state index is 12.2. The fourth-order valence-corrected chi connectivity index (χ4v) is 3.82. The molecule has 1 aliphatic heterocycles. The van der Waals surface area contributed by atoms with Gasteiger partial charge in [-0.3, -0.25) is 4.79 Å². The summed E-state index contributed by atoms with van der Waals surface area (Å²) in [5.74, 6) is -0.432. The SMILES string of the molecule is [2H]CC(C)(C)C(=O)OC[C@H]1OC(Oc2cc(O)cc(C)c2Cc2ccc(CC)cc2)[C@H](O)[C@@H](O)[C@@H]1O. The number of esters is 1. The lowest BCUT2D eigenvalue weighted by molar-refractivity contribution is -0.279. The smallest absolute Gasteiger partial charge is 0.311 e. The number of phenols is 1. The van der Waals surface area contributed by atoms with Crippen LogP contribution in [0, 0.1) is 12.3 Å². The second-order valence-corrected chi connectivity index (χ2v) is 9.70. The van der Waals surface area contributed by atoms with Crippen LogP contribution in [0.2, 0.25) is 0 Å². The number of benzene rings is 2. The second kappa shape index (κ2) is 11.0. The van der Waals surface area contributed by atoms with E-state index in [1.54, 1.807) is 19.9 Å². The first-order valence-electron chi connectivity index (χ1n) is 12.4. The lowest BCUT2D eigenvalue weighted by atomic mass is 9.96. The van der Waals surface area contributed by atoms with Crippen molar-refractivity contribution in [1.82, 2.24) is 0 Å². The van der Waals surface area contributed by atoms with Crippen molar-refractivity contribution in [2.24, 2.45) is 5.41 Å². The minimum Gasteiger partial charge on any atom is -0.508 e. The summed E-state index contributed by atoms with van der Waals surface area (Å²) in [7, 11) is 0. The van der Waals surface area contributed by atoms with Gasteiger partial charge in [-0.05, 0) is 56.8 Å². The molecule has 8 nitrogen and oxygen atoms in total. The third-order valence-electron chi connectivity index (χ3n) is 6.07. The number of hydrogen-bond donors (Lipinski definition) is 4. The molecular weight excluding hydrogens is 452 g/mol. The van der Waals surface area contributed by atoms with Crippen molar-refractivity contribution in [2.75, 3.05) is 6.61 Å². The zero-order valence-corrected chi connectivity index (χ0v) is 20.6. The summed E-state index contributed by atoms with van der Waals surface area (Å²) in [6.07, 6.45) is -5.93. The van der Waals surface area contributed by atoms with Gasteiger partial charge in [-0.1, -0.05) is 31.2 Å². The standard InChI is InChI=1S/C27H36O8/c1-6-16-7-9-17(10-8-16)12-19-15(2)11-18(28)13-20(19)34-25-24(31)23(30)22(29)21(35-25)14-33-26(32)27(3,4)5/h7-11,13,21-25,28-31H,6,12,14H2,1-5H3/t21-,22-,23+,24-,25?/m1/s1/i3D. The van der Waals surface area contributed by atoms with Crippen LogP contribution >= 0.6 is 0 Å². The summed E-state index contributed by atoms with van der Waals surface area (Å²) < 4.78 is 24.3. The summed E-state index contributed by atoms with van der Waals surface area (Å²) in [5, 5.41) is 41.6. The molecule has 0 aromatic heterocycles. The predicted molar refractivity (Wildman–Crippen MR) is 129 cm³/mol. The van der Waals surface area contributed by atoms with Gasteiger partial charge in [0.15, 0.2) is 0 Å². The highest BCUT2D eigenvalue weighted by molar-refractivity contribution is 5.75. The summed E-state index contributed by atoms with van der Waals surface area (Å²) in [6, 6.07) is 11.1. The van der Waals surface area contributed by atoms with E-state index >= 15 is 0 Å². The number of phenolic OH excluding ortho intramolecular Hbond substituents is 1. The summed E-state index contributed by atoms with van der Waals surface area (Å²) in [4.78, 5) is 12.2. The van der Waals surface area contributed by atoms with Crippen molar-refractivity contribution in [3.8, 4) is 11.5 Å². The van der Waals surface area contributed by atoms with E-state index in [4.69, 9.17) is 15.6 Å². The van der Waals surface area contributed by atoms with Crippen molar-refractivity contribution in [3.05, 3.63) is 58.7 Å². The monoisotopic (exact) mass is 489 g/mol. The topological polar surface area (TPSA) is 126 Å². The first kappa shape index (κ1) is 25.4. The summed E-state index contributed by atoms with van der Waals surface area (Å²) in [5.41, 5.74) is 2.71. The average molecular weight is 490 g/mol. The van der Waals surface area contributed by atoms with Gasteiger partial charge in [0.1, 0.15) is 42.5 Å². The van der Waals surface area contributed by atoms with E-state index in [0.717, 1.165) is 23.1 Å². The molecule has 1 heterocycles. The quantitative estimate of drug-likeness (QED) is 0.438. The maximum Gasteiger partial charge on any atom is 0.311 e. The minimum atomic E-state index is -1.62. The van der Waals surface area contributed by atoms with Crippen molar-refractivity contribution in [3.63, 3.8) is 0 Å². The Labute approximate surface area is 207 Å². The number of carbonyl (C=O) groups excluding carboxylic acids is 1. The number of rotatable bonds is 7. The largest absolute Gasteiger partial charge is 0.508 e. The van der Waals surface area contributed by atoms with Crippen LogP contribution in [0.3, 0.4) is 0 Å². The maximum absolute atomic E-state index is 12.2. The molecule has 2 aromatic rings. The van der Waals surface area contributed by atoms with E-state index in [-0.39, 0.29) is 18.4 Å². The van der Waals surface area contributed by atoms with Gasteiger partial charge in [0, 0.05) is 19.4 Å². The molecule has 0 aliphatic carbocycles. The molecule has 0 amide bonds. The normalized spacial score (nSPS) is 25.1. The third kappa shape index (κ3) is 6.52. The molecule has 1 aliphatic rings. The fraction of sp³-hybridized carbons (Fsp3) is 0.519. The van der Waals surface area contributed by atoms with Crippen LogP contribution in [-0.2, 0) is 27.1 Å². The van der Waals surface area contributed by atoms with Gasteiger partial charge in [-0.2, -0.15) is 0 Å². The molecule has 35 heavy (non-hydrogen) atoms. The Morgan fingerprint density at radius 3 is 2.37 bits per heavy atom. The van der Waals surface area contributed by atoms with Crippen molar-refractivity contribution < 1.29 is 40.8 Å². The van der Waals surface area contributed by atoms with Gasteiger partial charge in [0.2, 0.25) is 6.29 Å². The Hall–Kier alpha value is -2.65. The van der Waals surface area contributed by atoms with Crippen molar-refractivity contribution in [2.45, 2.75) is 78.1 Å². The molecule has 8 heteroatoms. The average Bonchev–Trinajstić information content (AvgIpc) is 2.85. The van der Waals surface area contributed by atoms with E-state index in [0.29, 0.717) is 6.42 Å². The van der Waals surface area contributed by atoms with Crippen LogP contribution in [0.4, 0.5) is 0 Å². The van der Waals surface area contributed by atoms with Crippen LogP contribution in [0.15, 0.2) is 36.4 Å². The molecular formula is C27H36O8. The van der Waals surface area contributed by atoms with Gasteiger partial charge in [-0.15, -0.1) is 0 Å². The van der Waals surface area contributed by atoms with Crippen LogP contribution < -0.4 is 4.74 Å². The number of aromatic hydroxyl groups is 1. The highest BCUT2D eigenvalue weighted by Crippen LogP contribution is 2.33. The van der Waals surface area contributed by atoms with Gasteiger partial charge in [-0.25, -0.2) is 0 Å². The van der Waals surface area contributed by atoms with Crippen LogP contribution in [0.25, 0.3) is 0 Å². The van der Waals surface area contributed by atoms with E-state index < -0.39 is 48.7 Å². The number of aliphatic hydroxyl groups excluding tert-OH is 3. The zero-order chi connectivity index (χ0) is 26.6. The molecule has 1 fully saturated rings. The molecule has 0 spiro atoms. The fourth-order valence-electron chi connectivity index (χ4n) is 3.82. The molecule has 0 bridgehead atoms. The summed E-state index contributed by atoms with van der Waals surface area (Å²) in [6.45, 7) is 6.45. The Bertz CT molecular complexity index is 1040. The summed E-state index contributed by atoms with van der Waals surface area (Å²) >= 11 is 0. The lowest BCUT2D eigenvalue weighted by Gasteiger charge is -2.40. The first-order chi connectivity index (χ1) is 17.0. The van der Waals surface area contributed by atoms with Gasteiger partial charge < -0.3 is 34.6 Å². The van der Waals surface area contributed by atoms with E-state index in [1.165, 1.54) is 11.6 Å².